The molecule has 0 bridgehead atoms. The number of halogens is 2. The van der Waals surface area contributed by atoms with Crippen LogP contribution in [0.1, 0.15) is 12.5 Å². The smallest absolute Gasteiger partial charge is 0.315 e. The van der Waals surface area contributed by atoms with Gasteiger partial charge in [-0.05, 0) is 18.1 Å². The Labute approximate surface area is 96.8 Å². The van der Waals surface area contributed by atoms with Crippen molar-refractivity contribution in [3.63, 3.8) is 0 Å². The van der Waals surface area contributed by atoms with Crippen LogP contribution in [0.3, 0.4) is 0 Å². The van der Waals surface area contributed by atoms with Gasteiger partial charge < -0.3 is 5.32 Å². The number of hydrogen-bond acceptors (Lipinski definition) is 4. The first-order valence-corrected chi connectivity index (χ1v) is 5.11. The van der Waals surface area contributed by atoms with Gasteiger partial charge >= 0.3 is 12.2 Å². The topological polar surface area (TPSA) is 50.7 Å². The van der Waals surface area contributed by atoms with Gasteiger partial charge in [-0.1, -0.05) is 25.1 Å². The fraction of sp³-hybridized carbons (Fsp3) is 0.182. The first-order chi connectivity index (χ1) is 8.19. The molecule has 2 aromatic rings. The Kier molecular flexibility index (Phi) is 3.22. The van der Waals surface area contributed by atoms with Gasteiger partial charge in [0.05, 0.1) is 0 Å². The molecular weight excluding hydrogens is 226 g/mol. The summed E-state index contributed by atoms with van der Waals surface area (Å²) in [5.41, 5.74) is 1.73. The maximum absolute atomic E-state index is 12.8. The number of benzene rings is 1. The number of para-hydroxylation sites is 1. The molecule has 2 rings (SSSR count). The van der Waals surface area contributed by atoms with Gasteiger partial charge in [0.2, 0.25) is 5.95 Å². The van der Waals surface area contributed by atoms with Crippen molar-refractivity contribution in [3.8, 4) is 0 Å². The zero-order valence-corrected chi connectivity index (χ0v) is 9.11. The van der Waals surface area contributed by atoms with Crippen molar-refractivity contribution in [1.29, 1.82) is 0 Å². The van der Waals surface area contributed by atoms with Gasteiger partial charge in [0, 0.05) is 5.69 Å². The van der Waals surface area contributed by atoms with Crippen molar-refractivity contribution < 1.29 is 8.78 Å². The Morgan fingerprint density at radius 1 is 1.06 bits per heavy atom. The molecule has 0 aliphatic rings. The summed E-state index contributed by atoms with van der Waals surface area (Å²) in [6.45, 7) is 1.98. The lowest BCUT2D eigenvalue weighted by Crippen LogP contribution is -2.05. The molecule has 6 heteroatoms. The Hall–Kier alpha value is -2.11. The lowest BCUT2D eigenvalue weighted by Gasteiger charge is -2.08. The lowest BCUT2D eigenvalue weighted by molar-refractivity contribution is 0.458. The molecule has 0 unspecified atom stereocenters. The molecule has 0 atom stereocenters. The van der Waals surface area contributed by atoms with Crippen LogP contribution in [0.5, 0.6) is 0 Å². The van der Waals surface area contributed by atoms with Crippen molar-refractivity contribution in [2.24, 2.45) is 0 Å². The predicted molar refractivity (Wildman–Crippen MR) is 58.8 cm³/mol. The maximum Gasteiger partial charge on any atom is 0.315 e. The van der Waals surface area contributed by atoms with Crippen LogP contribution in [0.4, 0.5) is 20.4 Å². The van der Waals surface area contributed by atoms with Crippen LogP contribution < -0.4 is 5.32 Å². The summed E-state index contributed by atoms with van der Waals surface area (Å²) in [5.74, 6) is -0.143. The largest absolute Gasteiger partial charge is 0.324 e. The molecule has 0 radical (unpaired) electrons. The fourth-order valence-electron chi connectivity index (χ4n) is 1.45. The monoisotopic (exact) mass is 236 g/mol. The predicted octanol–water partition coefficient (Wildman–Crippen LogP) is 2.46. The molecule has 0 amide bonds. The van der Waals surface area contributed by atoms with Crippen LogP contribution in [0.2, 0.25) is 0 Å². The first-order valence-electron chi connectivity index (χ1n) is 5.11. The third-order valence-corrected chi connectivity index (χ3v) is 2.23. The van der Waals surface area contributed by atoms with Gasteiger partial charge in [-0.3, -0.25) is 0 Å². The summed E-state index contributed by atoms with van der Waals surface area (Å²) >= 11 is 0. The summed E-state index contributed by atoms with van der Waals surface area (Å²) in [7, 11) is 0. The highest BCUT2D eigenvalue weighted by Crippen LogP contribution is 2.18. The van der Waals surface area contributed by atoms with E-state index in [0.29, 0.717) is 0 Å². The molecule has 1 heterocycles. The molecule has 0 fully saturated rings. The Morgan fingerprint density at radius 3 is 2.35 bits per heavy atom. The van der Waals surface area contributed by atoms with E-state index in [4.69, 9.17) is 0 Å². The van der Waals surface area contributed by atoms with Crippen LogP contribution in [0.25, 0.3) is 0 Å². The normalized spacial score (nSPS) is 10.3. The number of nitrogens with one attached hydrogen (secondary N) is 1. The van der Waals surface area contributed by atoms with E-state index < -0.39 is 12.2 Å². The molecular formula is C11H10F2N4. The Morgan fingerprint density at radius 2 is 1.71 bits per heavy atom. The highest BCUT2D eigenvalue weighted by Gasteiger charge is 2.07. The highest BCUT2D eigenvalue weighted by molar-refractivity contribution is 5.58. The van der Waals surface area contributed by atoms with Crippen LogP contribution >= 0.6 is 0 Å². The summed E-state index contributed by atoms with van der Waals surface area (Å²) in [6, 6.07) is 7.41. The number of aromatic nitrogens is 3. The van der Waals surface area contributed by atoms with Gasteiger partial charge in [-0.2, -0.15) is 23.7 Å². The molecule has 17 heavy (non-hydrogen) atoms. The average Bonchev–Trinajstić information content (AvgIpc) is 2.28. The number of aryl methyl sites for hydroxylation is 1. The minimum Gasteiger partial charge on any atom is -0.324 e. The van der Waals surface area contributed by atoms with Gasteiger partial charge in [-0.15, -0.1) is 0 Å². The van der Waals surface area contributed by atoms with Crippen LogP contribution in [0.15, 0.2) is 24.3 Å². The molecule has 0 aliphatic heterocycles. The average molecular weight is 236 g/mol. The first kappa shape index (κ1) is 11.4. The van der Waals surface area contributed by atoms with Gasteiger partial charge in [-0.25, -0.2) is 0 Å². The maximum atomic E-state index is 12.8. The summed E-state index contributed by atoms with van der Waals surface area (Å²) in [6.07, 6.45) is -1.50. The minimum atomic E-state index is -1.14. The summed E-state index contributed by atoms with van der Waals surface area (Å²) in [4.78, 5) is 9.55. The van der Waals surface area contributed by atoms with E-state index in [1.807, 2.05) is 25.1 Å². The highest BCUT2D eigenvalue weighted by atomic mass is 19.1. The lowest BCUT2D eigenvalue weighted by atomic mass is 10.1. The van der Waals surface area contributed by atoms with Crippen LogP contribution in [0, 0.1) is 12.2 Å². The second kappa shape index (κ2) is 4.82. The molecule has 88 valence electrons. The van der Waals surface area contributed by atoms with E-state index >= 15 is 0 Å². The number of nitrogens with zero attached hydrogens (tertiary/aromatic N) is 3. The third kappa shape index (κ3) is 2.72. The number of hydrogen-bond donors (Lipinski definition) is 1. The molecule has 0 spiro atoms. The van der Waals surface area contributed by atoms with Crippen LogP contribution in [-0.2, 0) is 6.42 Å². The Balaban J connectivity index is 2.31. The van der Waals surface area contributed by atoms with Crippen LogP contribution in [-0.4, -0.2) is 15.0 Å². The Bertz CT molecular complexity index is 510. The third-order valence-electron chi connectivity index (χ3n) is 2.23. The molecule has 0 saturated carbocycles. The van der Waals surface area contributed by atoms with E-state index in [0.717, 1.165) is 17.7 Å². The SMILES string of the molecule is CCc1ccccc1Nc1nc(F)nc(F)n1. The minimum absolute atomic E-state index is 0.143. The van der Waals surface area contributed by atoms with Gasteiger partial charge in [0.25, 0.3) is 0 Å². The standard InChI is InChI=1S/C11H10F2N4/c1-2-7-5-3-4-6-8(7)14-11-16-9(12)15-10(13)17-11/h3-6H,2H2,1H3,(H,14,15,16,17). The van der Waals surface area contributed by atoms with Gasteiger partial charge in [0.15, 0.2) is 0 Å². The molecule has 0 aliphatic carbocycles. The second-order valence-corrected chi connectivity index (χ2v) is 3.33. The molecule has 1 aromatic carbocycles. The summed E-state index contributed by atoms with van der Waals surface area (Å²) < 4.78 is 25.5. The zero-order valence-electron chi connectivity index (χ0n) is 9.11. The van der Waals surface area contributed by atoms with Crippen molar-refractivity contribution in [2.75, 3.05) is 5.32 Å². The van der Waals surface area contributed by atoms with Gasteiger partial charge in [0.1, 0.15) is 0 Å². The van der Waals surface area contributed by atoms with E-state index in [2.05, 4.69) is 20.3 Å². The van der Waals surface area contributed by atoms with E-state index in [9.17, 15) is 8.78 Å². The van der Waals surface area contributed by atoms with Crippen molar-refractivity contribution in [1.82, 2.24) is 15.0 Å². The second-order valence-electron chi connectivity index (χ2n) is 3.33. The molecule has 4 nitrogen and oxygen atoms in total. The molecule has 1 aromatic heterocycles. The number of rotatable bonds is 3. The quantitative estimate of drug-likeness (QED) is 0.889. The van der Waals surface area contributed by atoms with E-state index in [-0.39, 0.29) is 5.95 Å². The van der Waals surface area contributed by atoms with E-state index in [1.54, 1.807) is 6.07 Å². The number of anilines is 2. The molecule has 1 N–H and O–H groups in total. The van der Waals surface area contributed by atoms with Crippen molar-refractivity contribution >= 4 is 11.6 Å². The van der Waals surface area contributed by atoms with Crippen molar-refractivity contribution in [2.45, 2.75) is 13.3 Å². The zero-order chi connectivity index (χ0) is 12.3. The molecule has 0 saturated heterocycles. The summed E-state index contributed by atoms with van der Waals surface area (Å²) in [5, 5.41) is 2.76. The van der Waals surface area contributed by atoms with E-state index in [1.165, 1.54) is 0 Å². The fourth-order valence-corrected chi connectivity index (χ4v) is 1.45. The van der Waals surface area contributed by atoms with Crippen molar-refractivity contribution in [3.05, 3.63) is 42.0 Å².